The van der Waals surface area contributed by atoms with E-state index in [1.807, 2.05) is 42.5 Å². The molecule has 4 rings (SSSR count). The maximum absolute atomic E-state index is 12.6. The van der Waals surface area contributed by atoms with Crippen LogP contribution in [0.15, 0.2) is 73.1 Å². The van der Waals surface area contributed by atoms with Gasteiger partial charge in [0, 0.05) is 43.7 Å². The second-order valence-electron chi connectivity index (χ2n) is 8.12. The van der Waals surface area contributed by atoms with Gasteiger partial charge in [-0.25, -0.2) is 0 Å². The standard InChI is InChI=1S/C26H27N3O3/c1-32-26(12-3-13-26)18-29-25(31)23-5-2-4-19(16-23)17-28-24(30)22-8-6-20(7-9-22)21-10-14-27-15-11-21/h2,4-11,14-16H,3,12-13,17-18H2,1H3,(H,28,30)(H,29,31). The number of hydrogen-bond donors (Lipinski definition) is 2. The van der Waals surface area contributed by atoms with Gasteiger partial charge in [0.15, 0.2) is 0 Å². The third-order valence-electron chi connectivity index (χ3n) is 6.07. The normalized spacial score (nSPS) is 14.3. The van der Waals surface area contributed by atoms with Crippen molar-refractivity contribution in [2.24, 2.45) is 0 Å². The first-order valence-corrected chi connectivity index (χ1v) is 10.8. The molecule has 1 aromatic heterocycles. The predicted octanol–water partition coefficient (Wildman–Crippen LogP) is 3.98. The minimum atomic E-state index is -0.214. The molecule has 0 spiro atoms. The Bertz CT molecular complexity index is 1070. The largest absolute Gasteiger partial charge is 0.376 e. The molecule has 1 heterocycles. The Morgan fingerprint density at radius 1 is 0.906 bits per heavy atom. The van der Waals surface area contributed by atoms with Gasteiger partial charge in [0.1, 0.15) is 0 Å². The average Bonchev–Trinajstić information content (AvgIpc) is 2.83. The molecule has 0 saturated heterocycles. The topological polar surface area (TPSA) is 80.3 Å². The summed E-state index contributed by atoms with van der Waals surface area (Å²) in [6, 6.07) is 18.6. The first-order valence-electron chi connectivity index (χ1n) is 10.8. The van der Waals surface area contributed by atoms with Gasteiger partial charge in [-0.1, -0.05) is 24.3 Å². The van der Waals surface area contributed by atoms with E-state index < -0.39 is 0 Å². The summed E-state index contributed by atoms with van der Waals surface area (Å²) in [5, 5.41) is 5.90. The Labute approximate surface area is 188 Å². The molecule has 0 bridgehead atoms. The van der Waals surface area contributed by atoms with Gasteiger partial charge in [-0.15, -0.1) is 0 Å². The number of nitrogens with one attached hydrogen (secondary N) is 2. The van der Waals surface area contributed by atoms with E-state index in [2.05, 4.69) is 15.6 Å². The molecule has 6 heteroatoms. The third kappa shape index (κ3) is 5.03. The molecule has 1 aliphatic carbocycles. The molecular weight excluding hydrogens is 402 g/mol. The first kappa shape index (κ1) is 21.7. The van der Waals surface area contributed by atoms with Crippen molar-refractivity contribution >= 4 is 11.8 Å². The van der Waals surface area contributed by atoms with Crippen molar-refractivity contribution in [2.45, 2.75) is 31.4 Å². The summed E-state index contributed by atoms with van der Waals surface area (Å²) in [7, 11) is 1.70. The van der Waals surface area contributed by atoms with E-state index in [4.69, 9.17) is 4.74 Å². The minimum absolute atomic E-state index is 0.131. The number of amides is 2. The smallest absolute Gasteiger partial charge is 0.251 e. The van der Waals surface area contributed by atoms with Crippen LogP contribution >= 0.6 is 0 Å². The number of pyridine rings is 1. The Morgan fingerprint density at radius 3 is 2.25 bits per heavy atom. The van der Waals surface area contributed by atoms with E-state index in [0.29, 0.717) is 24.2 Å². The van der Waals surface area contributed by atoms with Gasteiger partial charge in [0.05, 0.1) is 5.60 Å². The summed E-state index contributed by atoms with van der Waals surface area (Å²) >= 11 is 0. The van der Waals surface area contributed by atoms with Crippen molar-refractivity contribution in [3.63, 3.8) is 0 Å². The molecule has 1 fully saturated rings. The second kappa shape index (κ2) is 9.75. The number of methoxy groups -OCH3 is 1. The fourth-order valence-corrected chi connectivity index (χ4v) is 3.83. The summed E-state index contributed by atoms with van der Waals surface area (Å²) in [5.74, 6) is -0.290. The molecule has 0 unspecified atom stereocenters. The van der Waals surface area contributed by atoms with Gasteiger partial charge in [0.2, 0.25) is 0 Å². The molecule has 2 N–H and O–H groups in total. The molecule has 3 aromatic rings. The summed E-state index contributed by atoms with van der Waals surface area (Å²) in [6.45, 7) is 0.854. The summed E-state index contributed by atoms with van der Waals surface area (Å²) in [4.78, 5) is 29.1. The maximum atomic E-state index is 12.6. The van der Waals surface area contributed by atoms with E-state index in [9.17, 15) is 9.59 Å². The lowest BCUT2D eigenvalue weighted by Crippen LogP contribution is -2.49. The molecule has 2 amide bonds. The number of carbonyl (C=O) groups excluding carboxylic acids is 2. The Morgan fingerprint density at radius 2 is 1.59 bits per heavy atom. The van der Waals surface area contributed by atoms with Gasteiger partial charge < -0.3 is 15.4 Å². The molecule has 1 saturated carbocycles. The first-order chi connectivity index (χ1) is 15.6. The highest BCUT2D eigenvalue weighted by Crippen LogP contribution is 2.34. The van der Waals surface area contributed by atoms with E-state index >= 15 is 0 Å². The monoisotopic (exact) mass is 429 g/mol. The van der Waals surface area contributed by atoms with Gasteiger partial charge in [-0.2, -0.15) is 0 Å². The minimum Gasteiger partial charge on any atom is -0.376 e. The highest BCUT2D eigenvalue weighted by atomic mass is 16.5. The van der Waals surface area contributed by atoms with Crippen LogP contribution in [0, 0.1) is 0 Å². The number of benzene rings is 2. The lowest BCUT2D eigenvalue weighted by molar-refractivity contribution is -0.0679. The van der Waals surface area contributed by atoms with Crippen LogP contribution in [0.4, 0.5) is 0 Å². The fourth-order valence-electron chi connectivity index (χ4n) is 3.83. The van der Waals surface area contributed by atoms with Crippen LogP contribution in [0.1, 0.15) is 45.5 Å². The fraction of sp³-hybridized carbons (Fsp3) is 0.269. The van der Waals surface area contributed by atoms with Crippen LogP contribution < -0.4 is 10.6 Å². The van der Waals surface area contributed by atoms with Crippen molar-refractivity contribution < 1.29 is 14.3 Å². The number of rotatable bonds is 8. The number of nitrogens with zero attached hydrogens (tertiary/aromatic N) is 1. The Kier molecular flexibility index (Phi) is 6.61. The van der Waals surface area contributed by atoms with E-state index in [1.54, 1.807) is 37.7 Å². The lowest BCUT2D eigenvalue weighted by atomic mass is 9.80. The molecule has 6 nitrogen and oxygen atoms in total. The molecule has 0 aliphatic heterocycles. The molecule has 32 heavy (non-hydrogen) atoms. The number of aromatic nitrogens is 1. The second-order valence-corrected chi connectivity index (χ2v) is 8.12. The van der Waals surface area contributed by atoms with Gasteiger partial charge in [-0.3, -0.25) is 14.6 Å². The van der Waals surface area contributed by atoms with Crippen LogP contribution in [0.25, 0.3) is 11.1 Å². The van der Waals surface area contributed by atoms with Crippen LogP contribution in [0.3, 0.4) is 0 Å². The Hall–Kier alpha value is -3.51. The Balaban J connectivity index is 1.32. The average molecular weight is 430 g/mol. The molecule has 1 aliphatic rings. The van der Waals surface area contributed by atoms with Gasteiger partial charge >= 0.3 is 0 Å². The van der Waals surface area contributed by atoms with Crippen molar-refractivity contribution in [3.8, 4) is 11.1 Å². The third-order valence-corrected chi connectivity index (χ3v) is 6.07. The summed E-state index contributed by atoms with van der Waals surface area (Å²) < 4.78 is 5.56. The zero-order valence-corrected chi connectivity index (χ0v) is 18.1. The highest BCUT2D eigenvalue weighted by molar-refractivity contribution is 5.95. The van der Waals surface area contributed by atoms with Crippen molar-refractivity contribution in [2.75, 3.05) is 13.7 Å². The van der Waals surface area contributed by atoms with E-state index in [-0.39, 0.29) is 17.4 Å². The van der Waals surface area contributed by atoms with Crippen LogP contribution in [-0.4, -0.2) is 36.1 Å². The molecule has 164 valence electrons. The SMILES string of the molecule is COC1(CNC(=O)c2cccc(CNC(=O)c3ccc(-c4ccncc4)cc3)c2)CCC1. The highest BCUT2D eigenvalue weighted by Gasteiger charge is 2.37. The molecule has 0 atom stereocenters. The number of hydrogen-bond acceptors (Lipinski definition) is 4. The van der Waals surface area contributed by atoms with E-state index in [1.165, 1.54) is 0 Å². The maximum Gasteiger partial charge on any atom is 0.251 e. The lowest BCUT2D eigenvalue weighted by Gasteiger charge is -2.40. The van der Waals surface area contributed by atoms with Crippen molar-refractivity contribution in [1.82, 2.24) is 15.6 Å². The summed E-state index contributed by atoms with van der Waals surface area (Å²) in [6.07, 6.45) is 6.56. The van der Waals surface area contributed by atoms with Crippen molar-refractivity contribution in [1.29, 1.82) is 0 Å². The van der Waals surface area contributed by atoms with Crippen LogP contribution in [0.2, 0.25) is 0 Å². The quantitative estimate of drug-likeness (QED) is 0.568. The zero-order valence-electron chi connectivity index (χ0n) is 18.1. The van der Waals surface area contributed by atoms with Crippen LogP contribution in [0.5, 0.6) is 0 Å². The van der Waals surface area contributed by atoms with Gasteiger partial charge in [0.25, 0.3) is 11.8 Å². The van der Waals surface area contributed by atoms with Crippen LogP contribution in [-0.2, 0) is 11.3 Å². The molecule has 2 aromatic carbocycles. The van der Waals surface area contributed by atoms with Crippen molar-refractivity contribution in [3.05, 3.63) is 89.7 Å². The summed E-state index contributed by atoms with van der Waals surface area (Å²) in [5.41, 5.74) is 3.89. The number of carbonyl (C=O) groups is 2. The zero-order chi connectivity index (χ0) is 22.4. The predicted molar refractivity (Wildman–Crippen MR) is 123 cm³/mol. The molecular formula is C26H27N3O3. The number of ether oxygens (including phenoxy) is 1. The molecule has 0 radical (unpaired) electrons. The van der Waals surface area contributed by atoms with Gasteiger partial charge in [-0.05, 0) is 72.4 Å². The van der Waals surface area contributed by atoms with E-state index in [0.717, 1.165) is 36.0 Å².